The highest BCUT2D eigenvalue weighted by Crippen LogP contribution is 2.25. The van der Waals surface area contributed by atoms with Gasteiger partial charge >= 0.3 is 0 Å². The van der Waals surface area contributed by atoms with Gasteiger partial charge < -0.3 is 9.57 Å². The highest BCUT2D eigenvalue weighted by molar-refractivity contribution is 6.47. The Morgan fingerprint density at radius 2 is 2.15 bits per heavy atom. The molecule has 0 saturated carbocycles. The number of fused-ring (bicyclic) bond motifs is 1. The number of para-hydroxylation sites is 1. The second-order valence-electron chi connectivity index (χ2n) is 2.55. The Morgan fingerprint density at radius 3 is 2.92 bits per heavy atom. The van der Waals surface area contributed by atoms with Gasteiger partial charge in [-0.05, 0) is 12.1 Å². The van der Waals surface area contributed by atoms with Crippen molar-refractivity contribution in [1.29, 1.82) is 5.41 Å². The summed E-state index contributed by atoms with van der Waals surface area (Å²) in [6.45, 7) is 0. The topological polar surface area (TPSA) is 54.7 Å². The van der Waals surface area contributed by atoms with Crippen molar-refractivity contribution in [2.75, 3.05) is 7.11 Å². The van der Waals surface area contributed by atoms with E-state index in [0.717, 1.165) is 5.56 Å². The van der Waals surface area contributed by atoms with Gasteiger partial charge in [0.1, 0.15) is 12.9 Å². The Hall–Kier alpha value is -1.84. The highest BCUT2D eigenvalue weighted by atomic mass is 16.6. The molecule has 0 unspecified atom stereocenters. The first-order valence-corrected chi connectivity index (χ1v) is 3.80. The molecule has 1 aliphatic rings. The van der Waals surface area contributed by atoms with Gasteiger partial charge in [-0.1, -0.05) is 17.3 Å². The molecule has 0 fully saturated rings. The molecule has 1 heterocycles. The summed E-state index contributed by atoms with van der Waals surface area (Å²) in [5, 5.41) is 11.2. The highest BCUT2D eigenvalue weighted by Gasteiger charge is 2.25. The van der Waals surface area contributed by atoms with Gasteiger partial charge in [0.2, 0.25) is 5.90 Å². The largest absolute Gasteiger partial charge is 0.437 e. The molecule has 2 rings (SSSR count). The summed E-state index contributed by atoms with van der Waals surface area (Å²) in [7, 11) is 1.45. The van der Waals surface area contributed by atoms with Crippen molar-refractivity contribution in [3.8, 4) is 5.75 Å². The van der Waals surface area contributed by atoms with E-state index in [9.17, 15) is 0 Å². The average molecular weight is 176 g/mol. The molecule has 0 radical (unpaired) electrons. The van der Waals surface area contributed by atoms with Gasteiger partial charge in [-0.15, -0.1) is 0 Å². The van der Waals surface area contributed by atoms with Crippen LogP contribution in [0.25, 0.3) is 0 Å². The first-order valence-electron chi connectivity index (χ1n) is 3.80. The Labute approximate surface area is 75.3 Å². The van der Waals surface area contributed by atoms with Gasteiger partial charge in [-0.25, -0.2) is 0 Å². The van der Waals surface area contributed by atoms with Gasteiger partial charge in [0, 0.05) is 0 Å². The SMILES string of the molecule is CON=C1C(=N)Oc2ccccc21. The van der Waals surface area contributed by atoms with Gasteiger partial charge in [-0.2, -0.15) is 0 Å². The molecule has 0 aromatic heterocycles. The van der Waals surface area contributed by atoms with Crippen LogP contribution in [0.5, 0.6) is 5.75 Å². The zero-order valence-electron chi connectivity index (χ0n) is 7.07. The molecule has 1 aromatic carbocycles. The number of oxime groups is 1. The van der Waals surface area contributed by atoms with E-state index in [0.29, 0.717) is 11.5 Å². The normalized spacial score (nSPS) is 17.0. The van der Waals surface area contributed by atoms with Gasteiger partial charge in [0.15, 0.2) is 5.71 Å². The molecule has 0 atom stereocenters. The van der Waals surface area contributed by atoms with E-state index in [4.69, 9.17) is 10.1 Å². The molecule has 0 bridgehead atoms. The quantitative estimate of drug-likeness (QED) is 0.657. The summed E-state index contributed by atoms with van der Waals surface area (Å²) in [6.07, 6.45) is 0. The smallest absolute Gasteiger partial charge is 0.242 e. The summed E-state index contributed by atoms with van der Waals surface area (Å²) in [6, 6.07) is 7.35. The molecule has 4 heteroatoms. The molecular formula is C9H8N2O2. The summed E-state index contributed by atoms with van der Waals surface area (Å²) in [5.74, 6) is 0.686. The van der Waals surface area contributed by atoms with Crippen molar-refractivity contribution in [3.05, 3.63) is 29.8 Å². The summed E-state index contributed by atoms with van der Waals surface area (Å²) in [5.41, 5.74) is 1.24. The van der Waals surface area contributed by atoms with Crippen LogP contribution in [-0.2, 0) is 4.84 Å². The molecule has 0 spiro atoms. The Bertz CT molecular complexity index is 385. The average Bonchev–Trinajstić information content (AvgIpc) is 2.44. The maximum atomic E-state index is 7.46. The molecule has 0 aliphatic carbocycles. The zero-order chi connectivity index (χ0) is 9.26. The minimum atomic E-state index is 0.0306. The van der Waals surface area contributed by atoms with Crippen LogP contribution in [0.15, 0.2) is 29.4 Å². The van der Waals surface area contributed by atoms with Gasteiger partial charge in [0.05, 0.1) is 5.56 Å². The van der Waals surface area contributed by atoms with Crippen molar-refractivity contribution in [1.82, 2.24) is 0 Å². The molecule has 0 saturated heterocycles. The number of ether oxygens (including phenoxy) is 1. The monoisotopic (exact) mass is 176 g/mol. The van der Waals surface area contributed by atoms with Gasteiger partial charge in [0.25, 0.3) is 0 Å². The lowest BCUT2D eigenvalue weighted by Gasteiger charge is -1.92. The first-order chi connectivity index (χ1) is 6.33. The van der Waals surface area contributed by atoms with E-state index in [1.165, 1.54) is 7.11 Å². The summed E-state index contributed by atoms with van der Waals surface area (Å²) in [4.78, 5) is 4.62. The van der Waals surface area contributed by atoms with E-state index < -0.39 is 0 Å². The molecule has 1 aromatic rings. The number of hydrogen-bond acceptors (Lipinski definition) is 4. The minimum absolute atomic E-state index is 0.0306. The fraction of sp³-hybridized carbons (Fsp3) is 0.111. The molecule has 66 valence electrons. The van der Waals surface area contributed by atoms with Crippen LogP contribution in [0.1, 0.15) is 5.56 Å². The molecule has 13 heavy (non-hydrogen) atoms. The maximum Gasteiger partial charge on any atom is 0.242 e. The van der Waals surface area contributed by atoms with Crippen LogP contribution >= 0.6 is 0 Å². The van der Waals surface area contributed by atoms with E-state index in [1.807, 2.05) is 18.2 Å². The van der Waals surface area contributed by atoms with Crippen LogP contribution in [0.2, 0.25) is 0 Å². The fourth-order valence-electron chi connectivity index (χ4n) is 1.21. The zero-order valence-corrected chi connectivity index (χ0v) is 7.07. The van der Waals surface area contributed by atoms with Crippen LogP contribution in [0, 0.1) is 5.41 Å². The third-order valence-electron chi connectivity index (χ3n) is 1.75. The molecule has 0 amide bonds. The number of nitrogens with one attached hydrogen (secondary N) is 1. The van der Waals surface area contributed by atoms with E-state index >= 15 is 0 Å². The standard InChI is InChI=1S/C9H8N2O2/c1-12-11-8-6-4-2-3-5-7(6)13-9(8)10/h2-5,10H,1H3. The predicted molar refractivity (Wildman–Crippen MR) is 48.3 cm³/mol. The van der Waals surface area contributed by atoms with Crippen molar-refractivity contribution in [3.63, 3.8) is 0 Å². The van der Waals surface area contributed by atoms with Crippen molar-refractivity contribution in [2.24, 2.45) is 5.16 Å². The third-order valence-corrected chi connectivity index (χ3v) is 1.75. The number of benzene rings is 1. The molecule has 1 N–H and O–H groups in total. The lowest BCUT2D eigenvalue weighted by molar-refractivity contribution is 0.214. The Balaban J connectivity index is 2.53. The van der Waals surface area contributed by atoms with Crippen molar-refractivity contribution >= 4 is 11.6 Å². The molecule has 1 aliphatic heterocycles. The molecular weight excluding hydrogens is 168 g/mol. The lowest BCUT2D eigenvalue weighted by atomic mass is 10.1. The number of rotatable bonds is 1. The van der Waals surface area contributed by atoms with Gasteiger partial charge in [-0.3, -0.25) is 5.41 Å². The number of hydrogen-bond donors (Lipinski definition) is 1. The first kappa shape index (κ1) is 7.79. The fourth-order valence-corrected chi connectivity index (χ4v) is 1.21. The third kappa shape index (κ3) is 1.16. The summed E-state index contributed by atoms with van der Waals surface area (Å²) >= 11 is 0. The second-order valence-corrected chi connectivity index (χ2v) is 2.55. The predicted octanol–water partition coefficient (Wildman–Crippen LogP) is 1.41. The van der Waals surface area contributed by atoms with Crippen molar-refractivity contribution in [2.45, 2.75) is 0 Å². The van der Waals surface area contributed by atoms with Crippen LogP contribution < -0.4 is 4.74 Å². The van der Waals surface area contributed by atoms with E-state index in [1.54, 1.807) is 6.07 Å². The Kier molecular flexibility index (Phi) is 1.73. The van der Waals surface area contributed by atoms with E-state index in [2.05, 4.69) is 9.99 Å². The summed E-state index contributed by atoms with van der Waals surface area (Å²) < 4.78 is 5.14. The molecule has 4 nitrogen and oxygen atoms in total. The minimum Gasteiger partial charge on any atom is -0.437 e. The Morgan fingerprint density at radius 1 is 1.38 bits per heavy atom. The maximum absolute atomic E-state index is 7.46. The lowest BCUT2D eigenvalue weighted by Crippen LogP contribution is -2.11. The van der Waals surface area contributed by atoms with E-state index in [-0.39, 0.29) is 5.90 Å². The van der Waals surface area contributed by atoms with Crippen LogP contribution in [0.4, 0.5) is 0 Å². The van der Waals surface area contributed by atoms with Crippen LogP contribution in [0.3, 0.4) is 0 Å². The van der Waals surface area contributed by atoms with Crippen molar-refractivity contribution < 1.29 is 9.57 Å². The van der Waals surface area contributed by atoms with Crippen LogP contribution in [-0.4, -0.2) is 18.7 Å². The number of nitrogens with zero attached hydrogens (tertiary/aromatic N) is 1. The second kappa shape index (κ2) is 2.90.